The number of unbranched alkanes of at least 4 members (excludes halogenated alkanes) is 4. The van der Waals surface area contributed by atoms with E-state index in [9.17, 15) is 51.9 Å². The smallest absolute Gasteiger partial charge is 0.125 e. The van der Waals surface area contributed by atoms with Crippen molar-refractivity contribution in [1.82, 2.24) is 0 Å². The predicted octanol–water partition coefficient (Wildman–Crippen LogP) is 9.87. The van der Waals surface area contributed by atoms with E-state index in [0.717, 1.165) is 24.3 Å². The Morgan fingerprint density at radius 2 is 0.500 bits per heavy atom. The highest BCUT2D eigenvalue weighted by Crippen LogP contribution is 2.44. The normalized spacial score (nSPS) is 19.5. The SMILES string of the molecule is CCCC[N+]1(C)CCCCC1.CCCC[N+]1(C)CCCCC1.CCCC[N+]1(C)CCCCC1.CCCC[N+]1(C)CCCCC1.O=S(=O)([O-])c1cc(S(=O)(=O)[O-])c2ccc3c(S(=O)(=O)[O-])cc(S(=O)(=O)[O-])c4ccc1c2c43. The second kappa shape index (κ2) is 28.7. The molecule has 0 spiro atoms. The third kappa shape index (κ3) is 19.3. The maximum atomic E-state index is 11.8. The predicted molar refractivity (Wildman–Crippen MR) is 300 cm³/mol. The molecule has 0 bridgehead atoms. The number of likely N-dealkylation sites (tertiary alicyclic amines) is 4. The van der Waals surface area contributed by atoms with Crippen LogP contribution in [-0.4, -0.2) is 177 Å². The minimum Gasteiger partial charge on any atom is -0.744 e. The van der Waals surface area contributed by atoms with Crippen LogP contribution in [0.15, 0.2) is 56.0 Å². The van der Waals surface area contributed by atoms with Crippen LogP contribution in [-0.2, 0) is 40.5 Å². The number of quaternary nitrogens is 4. The summed E-state index contributed by atoms with van der Waals surface area (Å²) in [7, 11) is -11.9. The van der Waals surface area contributed by atoms with Gasteiger partial charge in [-0.2, -0.15) is 0 Å². The highest BCUT2D eigenvalue weighted by atomic mass is 32.2. The summed E-state index contributed by atoms with van der Waals surface area (Å²) in [5.74, 6) is 0. The number of nitrogens with zero attached hydrogens (tertiary/aromatic N) is 4. The second-order valence-electron chi connectivity index (χ2n) is 23.5. The lowest BCUT2D eigenvalue weighted by molar-refractivity contribution is -0.914. The minimum absolute atomic E-state index is 0.336. The lowest BCUT2D eigenvalue weighted by Crippen LogP contribution is -2.48. The quantitative estimate of drug-likeness (QED) is 0.0580. The van der Waals surface area contributed by atoms with Crippen molar-refractivity contribution in [2.75, 3.05) is 107 Å². The average molecular weight is 1140 g/mol. The number of rotatable bonds is 16. The maximum absolute atomic E-state index is 11.8. The van der Waals surface area contributed by atoms with Crippen LogP contribution < -0.4 is 0 Å². The van der Waals surface area contributed by atoms with Crippen molar-refractivity contribution in [3.05, 3.63) is 36.4 Å². The molecule has 0 aliphatic carbocycles. The van der Waals surface area contributed by atoms with Crippen molar-refractivity contribution in [3.8, 4) is 0 Å². The summed E-state index contributed by atoms with van der Waals surface area (Å²) in [4.78, 5) is -4.63. The van der Waals surface area contributed by atoms with Gasteiger partial charge in [0.2, 0.25) is 0 Å². The molecule has 4 aromatic rings. The van der Waals surface area contributed by atoms with Gasteiger partial charge < -0.3 is 36.1 Å². The van der Waals surface area contributed by atoms with Crippen molar-refractivity contribution in [1.29, 1.82) is 0 Å². The molecule has 4 aliphatic heterocycles. The first-order valence-corrected chi connectivity index (χ1v) is 34.1. The molecule has 0 saturated carbocycles. The molecule has 0 N–H and O–H groups in total. The third-order valence-corrected chi connectivity index (χ3v) is 20.1. The molecule has 0 atom stereocenters. The standard InChI is InChI=1S/C16H10O12S4.4C10H22N/c17-29(18,19)11-5-13(31(23,24)25)9-3-4-10-14(32(26,27)28)6-12(30(20,21)22)8-2-1-7(11)15(9)16(8)10;4*1-3-4-8-11(2)9-6-5-7-10-11/h1-6H,(H,17,18,19)(H,20,21,22)(H,23,24,25)(H,26,27,28);4*3-10H2,1-2H3/q;4*+1/p-4. The Kier molecular flexibility index (Phi) is 24.9. The first kappa shape index (κ1) is 65.9. The van der Waals surface area contributed by atoms with E-state index in [1.54, 1.807) is 0 Å². The van der Waals surface area contributed by atoms with Crippen LogP contribution in [0.25, 0.3) is 32.3 Å². The van der Waals surface area contributed by atoms with Crippen molar-refractivity contribution >= 4 is 72.8 Å². The number of hydrogen-bond acceptors (Lipinski definition) is 12. The van der Waals surface area contributed by atoms with Crippen LogP contribution in [0.1, 0.15) is 156 Å². The van der Waals surface area contributed by atoms with Crippen molar-refractivity contribution < 1.29 is 69.8 Å². The van der Waals surface area contributed by atoms with Gasteiger partial charge in [0, 0.05) is 21.5 Å². The van der Waals surface area contributed by atoms with Gasteiger partial charge in [-0.1, -0.05) is 77.6 Å². The highest BCUT2D eigenvalue weighted by Gasteiger charge is 2.28. The largest absolute Gasteiger partial charge is 0.744 e. The van der Waals surface area contributed by atoms with Gasteiger partial charge in [-0.15, -0.1) is 0 Å². The van der Waals surface area contributed by atoms with Gasteiger partial charge in [0.25, 0.3) is 0 Å². The lowest BCUT2D eigenvalue weighted by atomic mass is 9.94. The zero-order chi connectivity index (χ0) is 56.6. The van der Waals surface area contributed by atoms with Gasteiger partial charge in [0.05, 0.1) is 126 Å². The second-order valence-corrected chi connectivity index (χ2v) is 28.8. The van der Waals surface area contributed by atoms with Crippen LogP contribution in [0.5, 0.6) is 0 Å². The lowest BCUT2D eigenvalue weighted by Gasteiger charge is -2.37. The highest BCUT2D eigenvalue weighted by molar-refractivity contribution is 7.87. The Labute approximate surface area is 458 Å². The van der Waals surface area contributed by atoms with Gasteiger partial charge in [-0.25, -0.2) is 33.7 Å². The van der Waals surface area contributed by atoms with E-state index in [1.165, 1.54) is 225 Å². The molecule has 434 valence electrons. The van der Waals surface area contributed by atoms with Gasteiger partial charge >= 0.3 is 0 Å². The van der Waals surface area contributed by atoms with Gasteiger partial charge in [0.1, 0.15) is 40.5 Å². The summed E-state index contributed by atoms with van der Waals surface area (Å²) >= 11 is 0. The van der Waals surface area contributed by atoms with Gasteiger partial charge in [-0.05, 0) is 126 Å². The van der Waals surface area contributed by atoms with Crippen LogP contribution in [0, 0.1) is 0 Å². The number of piperidine rings is 4. The summed E-state index contributed by atoms with van der Waals surface area (Å²) in [6.07, 6.45) is 28.6. The Morgan fingerprint density at radius 1 is 0.329 bits per heavy atom. The molecule has 76 heavy (non-hydrogen) atoms. The van der Waals surface area contributed by atoms with Crippen molar-refractivity contribution in [2.24, 2.45) is 0 Å². The Hall–Kier alpha value is -2.60. The Balaban J connectivity index is 0.000000233. The average Bonchev–Trinajstić information content (AvgIpc) is 3.35. The fraction of sp³-hybridized carbons (Fsp3) is 0.714. The molecule has 4 aliphatic rings. The van der Waals surface area contributed by atoms with Gasteiger partial charge in [0.15, 0.2) is 0 Å². The van der Waals surface area contributed by atoms with E-state index in [1.807, 2.05) is 0 Å². The van der Waals surface area contributed by atoms with E-state index in [-0.39, 0.29) is 0 Å². The van der Waals surface area contributed by atoms with E-state index in [0.29, 0.717) is 12.1 Å². The number of benzene rings is 4. The summed E-state index contributed by atoms with van der Waals surface area (Å²) < 4.78 is 147. The molecule has 4 saturated heterocycles. The van der Waals surface area contributed by atoms with E-state index >= 15 is 0 Å². The first-order valence-electron chi connectivity index (χ1n) is 28.5. The molecule has 0 aromatic heterocycles. The fourth-order valence-electron chi connectivity index (χ4n) is 11.8. The molecule has 0 amide bonds. The van der Waals surface area contributed by atoms with Crippen LogP contribution in [0.4, 0.5) is 0 Å². The van der Waals surface area contributed by atoms with Crippen molar-refractivity contribution in [2.45, 2.75) is 176 Å². The first-order chi connectivity index (χ1) is 35.5. The molecule has 0 unspecified atom stereocenters. The minimum atomic E-state index is -5.40. The Bertz CT molecular complexity index is 2520. The monoisotopic (exact) mass is 1140 g/mol. The summed E-state index contributed by atoms with van der Waals surface area (Å²) in [5, 5.41) is -2.90. The topological polar surface area (TPSA) is 229 Å². The zero-order valence-electron chi connectivity index (χ0n) is 47.4. The van der Waals surface area contributed by atoms with E-state index < -0.39 is 92.4 Å². The van der Waals surface area contributed by atoms with Crippen LogP contribution in [0.3, 0.4) is 0 Å². The molecule has 4 heterocycles. The van der Waals surface area contributed by atoms with E-state index in [4.69, 9.17) is 0 Å². The van der Waals surface area contributed by atoms with Crippen molar-refractivity contribution in [3.63, 3.8) is 0 Å². The molecule has 4 aromatic carbocycles. The van der Waals surface area contributed by atoms with Crippen LogP contribution in [0.2, 0.25) is 0 Å². The fourth-order valence-corrected chi connectivity index (χ4v) is 14.8. The van der Waals surface area contributed by atoms with Crippen LogP contribution >= 0.6 is 0 Å². The summed E-state index contributed by atoms with van der Waals surface area (Å²) in [6.45, 7) is 26.2. The molecular weight excluding hydrogens is 1050 g/mol. The maximum Gasteiger partial charge on any atom is 0.125 e. The number of hydrogen-bond donors (Lipinski definition) is 0. The summed E-state index contributed by atoms with van der Waals surface area (Å²) in [5.41, 5.74) is 0. The Morgan fingerprint density at radius 3 is 0.645 bits per heavy atom. The third-order valence-electron chi connectivity index (χ3n) is 16.6. The molecule has 4 fully saturated rings. The summed E-state index contributed by atoms with van der Waals surface area (Å²) in [6, 6.07) is 4.27. The molecule has 20 heteroatoms. The van der Waals surface area contributed by atoms with E-state index in [2.05, 4.69) is 55.9 Å². The molecule has 16 nitrogen and oxygen atoms in total. The molecule has 8 rings (SSSR count). The molecule has 0 radical (unpaired) electrons. The molecular formula is C56H94N4O12S4. The zero-order valence-corrected chi connectivity index (χ0v) is 50.7. The van der Waals surface area contributed by atoms with Gasteiger partial charge in [-0.3, -0.25) is 0 Å².